The first-order chi connectivity index (χ1) is 9.81. The van der Waals surface area contributed by atoms with Crippen LogP contribution in [0.3, 0.4) is 0 Å². The monoisotopic (exact) mass is 339 g/mol. The standard InChI is InChI=1S/C16H22BrNO2/c17-14-3-1-2-13(8-14)16(9-18-15-4-5-15)20-11-12-6-7-19-10-12/h1-3,8,12,15-16,18H,4-7,9-11H2. The van der Waals surface area contributed by atoms with Gasteiger partial charge in [-0.1, -0.05) is 28.1 Å². The molecule has 110 valence electrons. The molecule has 1 aromatic carbocycles. The van der Waals surface area contributed by atoms with Crippen LogP contribution in [-0.4, -0.2) is 32.4 Å². The molecule has 2 fully saturated rings. The van der Waals surface area contributed by atoms with Gasteiger partial charge in [-0.15, -0.1) is 0 Å². The van der Waals surface area contributed by atoms with Crippen molar-refractivity contribution >= 4 is 15.9 Å². The van der Waals surface area contributed by atoms with Crippen LogP contribution in [0.1, 0.15) is 30.9 Å². The molecule has 3 rings (SSSR count). The lowest BCUT2D eigenvalue weighted by Gasteiger charge is -2.21. The zero-order chi connectivity index (χ0) is 13.8. The molecule has 0 amide bonds. The number of hydrogen-bond acceptors (Lipinski definition) is 3. The second-order valence-electron chi connectivity index (χ2n) is 5.79. The first-order valence-corrected chi connectivity index (χ1v) is 8.29. The van der Waals surface area contributed by atoms with Crippen LogP contribution in [0.5, 0.6) is 0 Å². The van der Waals surface area contributed by atoms with Crippen LogP contribution >= 0.6 is 15.9 Å². The third-order valence-corrected chi connectivity index (χ3v) is 4.44. The van der Waals surface area contributed by atoms with Crippen molar-refractivity contribution in [3.63, 3.8) is 0 Å². The quantitative estimate of drug-likeness (QED) is 0.826. The lowest BCUT2D eigenvalue weighted by atomic mass is 10.1. The third kappa shape index (κ3) is 4.29. The molecule has 4 heteroatoms. The van der Waals surface area contributed by atoms with Gasteiger partial charge in [0.1, 0.15) is 0 Å². The lowest BCUT2D eigenvalue weighted by Crippen LogP contribution is -2.26. The van der Waals surface area contributed by atoms with Crippen LogP contribution < -0.4 is 5.32 Å². The number of hydrogen-bond donors (Lipinski definition) is 1. The van der Waals surface area contributed by atoms with Crippen molar-refractivity contribution in [1.82, 2.24) is 5.32 Å². The average molecular weight is 340 g/mol. The van der Waals surface area contributed by atoms with Crippen molar-refractivity contribution in [2.45, 2.75) is 31.4 Å². The molecule has 1 heterocycles. The Balaban J connectivity index is 1.59. The van der Waals surface area contributed by atoms with Gasteiger partial charge in [0, 0.05) is 29.6 Å². The summed E-state index contributed by atoms with van der Waals surface area (Å²) in [6.07, 6.45) is 3.87. The molecule has 1 aliphatic heterocycles. The molecule has 3 nitrogen and oxygen atoms in total. The second-order valence-corrected chi connectivity index (χ2v) is 6.70. The number of rotatable bonds is 7. The van der Waals surface area contributed by atoms with E-state index in [1.807, 2.05) is 0 Å². The summed E-state index contributed by atoms with van der Waals surface area (Å²) < 4.78 is 12.7. The van der Waals surface area contributed by atoms with Gasteiger partial charge in [-0.2, -0.15) is 0 Å². The summed E-state index contributed by atoms with van der Waals surface area (Å²) in [7, 11) is 0. The van der Waals surface area contributed by atoms with Crippen molar-refractivity contribution in [2.75, 3.05) is 26.4 Å². The molecule has 1 saturated heterocycles. The number of halogens is 1. The fraction of sp³-hybridized carbons (Fsp3) is 0.625. The number of benzene rings is 1. The molecule has 0 spiro atoms. The molecule has 1 aliphatic carbocycles. The van der Waals surface area contributed by atoms with Gasteiger partial charge in [-0.05, 0) is 37.0 Å². The van der Waals surface area contributed by atoms with Crippen LogP contribution in [0.2, 0.25) is 0 Å². The minimum Gasteiger partial charge on any atom is -0.381 e. The van der Waals surface area contributed by atoms with Gasteiger partial charge in [0.15, 0.2) is 0 Å². The SMILES string of the molecule is Brc1cccc(C(CNC2CC2)OCC2CCOC2)c1. The average Bonchev–Trinajstić information content (AvgIpc) is 3.13. The van der Waals surface area contributed by atoms with Crippen molar-refractivity contribution in [3.8, 4) is 0 Å². The largest absolute Gasteiger partial charge is 0.381 e. The van der Waals surface area contributed by atoms with Crippen molar-refractivity contribution in [1.29, 1.82) is 0 Å². The Morgan fingerprint density at radius 2 is 2.25 bits per heavy atom. The summed E-state index contributed by atoms with van der Waals surface area (Å²) >= 11 is 3.54. The Hall–Kier alpha value is -0.420. The van der Waals surface area contributed by atoms with Crippen LogP contribution in [-0.2, 0) is 9.47 Å². The van der Waals surface area contributed by atoms with Gasteiger partial charge in [-0.3, -0.25) is 0 Å². The molecule has 1 aromatic rings. The highest BCUT2D eigenvalue weighted by Gasteiger charge is 2.24. The molecular weight excluding hydrogens is 318 g/mol. The molecule has 2 unspecified atom stereocenters. The van der Waals surface area contributed by atoms with Crippen molar-refractivity contribution in [3.05, 3.63) is 34.3 Å². The lowest BCUT2D eigenvalue weighted by molar-refractivity contribution is 0.0251. The van der Waals surface area contributed by atoms with Gasteiger partial charge in [0.25, 0.3) is 0 Å². The van der Waals surface area contributed by atoms with E-state index >= 15 is 0 Å². The zero-order valence-corrected chi connectivity index (χ0v) is 13.3. The van der Waals surface area contributed by atoms with Gasteiger partial charge in [0.2, 0.25) is 0 Å². The predicted molar refractivity (Wildman–Crippen MR) is 82.8 cm³/mol. The molecular formula is C16H22BrNO2. The van der Waals surface area contributed by atoms with E-state index < -0.39 is 0 Å². The first kappa shape index (κ1) is 14.5. The summed E-state index contributed by atoms with van der Waals surface area (Å²) in [5.41, 5.74) is 1.24. The molecule has 2 atom stereocenters. The van der Waals surface area contributed by atoms with Gasteiger partial charge >= 0.3 is 0 Å². The molecule has 1 N–H and O–H groups in total. The Morgan fingerprint density at radius 3 is 2.95 bits per heavy atom. The smallest absolute Gasteiger partial charge is 0.0949 e. The fourth-order valence-electron chi connectivity index (χ4n) is 2.51. The summed E-state index contributed by atoms with van der Waals surface area (Å²) in [4.78, 5) is 0. The van der Waals surface area contributed by atoms with Crippen LogP contribution in [0.4, 0.5) is 0 Å². The topological polar surface area (TPSA) is 30.5 Å². The van der Waals surface area contributed by atoms with E-state index in [1.165, 1.54) is 18.4 Å². The molecule has 20 heavy (non-hydrogen) atoms. The summed E-state index contributed by atoms with van der Waals surface area (Å²) in [5, 5.41) is 3.58. The minimum absolute atomic E-state index is 0.133. The fourth-order valence-corrected chi connectivity index (χ4v) is 2.92. The highest BCUT2D eigenvalue weighted by atomic mass is 79.9. The molecule has 1 saturated carbocycles. The van der Waals surface area contributed by atoms with E-state index in [-0.39, 0.29) is 6.10 Å². The highest BCUT2D eigenvalue weighted by molar-refractivity contribution is 9.10. The van der Waals surface area contributed by atoms with Gasteiger partial charge < -0.3 is 14.8 Å². The van der Waals surface area contributed by atoms with Crippen LogP contribution in [0.15, 0.2) is 28.7 Å². The molecule has 2 aliphatic rings. The molecule has 0 radical (unpaired) electrons. The summed E-state index contributed by atoms with van der Waals surface area (Å²) in [6, 6.07) is 9.15. The van der Waals surface area contributed by atoms with E-state index in [0.29, 0.717) is 12.0 Å². The summed E-state index contributed by atoms with van der Waals surface area (Å²) in [6.45, 7) is 3.43. The van der Waals surface area contributed by atoms with E-state index in [2.05, 4.69) is 45.5 Å². The normalized spacial score (nSPS) is 23.9. The van der Waals surface area contributed by atoms with E-state index in [4.69, 9.17) is 9.47 Å². The van der Waals surface area contributed by atoms with Crippen molar-refractivity contribution in [2.24, 2.45) is 5.92 Å². The van der Waals surface area contributed by atoms with Gasteiger partial charge in [0.05, 0.1) is 19.3 Å². The maximum Gasteiger partial charge on any atom is 0.0949 e. The zero-order valence-electron chi connectivity index (χ0n) is 11.7. The summed E-state index contributed by atoms with van der Waals surface area (Å²) in [5.74, 6) is 0.561. The second kappa shape index (κ2) is 7.03. The highest BCUT2D eigenvalue weighted by Crippen LogP contribution is 2.25. The van der Waals surface area contributed by atoms with E-state index in [1.54, 1.807) is 0 Å². The third-order valence-electron chi connectivity index (χ3n) is 3.95. The van der Waals surface area contributed by atoms with Gasteiger partial charge in [-0.25, -0.2) is 0 Å². The van der Waals surface area contributed by atoms with E-state index in [0.717, 1.165) is 37.3 Å². The predicted octanol–water partition coefficient (Wildman–Crippen LogP) is 3.30. The maximum absolute atomic E-state index is 6.18. The Labute approximate surface area is 129 Å². The molecule has 0 bridgehead atoms. The first-order valence-electron chi connectivity index (χ1n) is 7.49. The van der Waals surface area contributed by atoms with E-state index in [9.17, 15) is 0 Å². The van der Waals surface area contributed by atoms with Crippen LogP contribution in [0.25, 0.3) is 0 Å². The Morgan fingerprint density at radius 1 is 1.35 bits per heavy atom. The minimum atomic E-state index is 0.133. The van der Waals surface area contributed by atoms with Crippen LogP contribution in [0, 0.1) is 5.92 Å². The molecule has 0 aromatic heterocycles. The Bertz CT molecular complexity index is 430. The van der Waals surface area contributed by atoms with Crippen molar-refractivity contribution < 1.29 is 9.47 Å². The Kier molecular flexibility index (Phi) is 5.10. The number of nitrogens with one attached hydrogen (secondary N) is 1. The maximum atomic E-state index is 6.18. The number of ether oxygens (including phenoxy) is 2.